The predicted molar refractivity (Wildman–Crippen MR) is 70.6 cm³/mol. The molecule has 2 rings (SSSR count). The Morgan fingerprint density at radius 1 is 1.00 bits per heavy atom. The van der Waals surface area contributed by atoms with Crippen molar-refractivity contribution in [2.75, 3.05) is 0 Å². The summed E-state index contributed by atoms with van der Waals surface area (Å²) in [7, 11) is 0. The average Bonchev–Trinajstić information content (AvgIpc) is 2.36. The monoisotopic (exact) mass is 287 g/mol. The molecule has 0 unspecified atom stereocenters. The lowest BCUT2D eigenvalue weighted by Gasteiger charge is -2.07. The van der Waals surface area contributed by atoms with Crippen molar-refractivity contribution >= 4 is 34.8 Å². The highest BCUT2D eigenvalue weighted by Gasteiger charge is 2.11. The summed E-state index contributed by atoms with van der Waals surface area (Å²) in [6.07, 6.45) is 1.59. The third-order valence-electron chi connectivity index (χ3n) is 2.32. The molecule has 0 saturated heterocycles. The van der Waals surface area contributed by atoms with E-state index in [0.717, 1.165) is 5.56 Å². The molecule has 0 aliphatic carbocycles. The first kappa shape index (κ1) is 12.7. The van der Waals surface area contributed by atoms with Gasteiger partial charge < -0.3 is 5.11 Å². The van der Waals surface area contributed by atoms with Crippen LogP contribution in [0.4, 0.5) is 0 Å². The molecule has 1 aromatic heterocycles. The molecular weight excluding hydrogens is 280 g/mol. The summed E-state index contributed by atoms with van der Waals surface area (Å²) < 4.78 is 0. The highest BCUT2D eigenvalue weighted by atomic mass is 35.5. The Hall–Kier alpha value is -0.800. The second-order valence-corrected chi connectivity index (χ2v) is 4.60. The normalized spacial score (nSPS) is 10.6. The minimum Gasteiger partial charge on any atom is -0.392 e. The molecule has 0 spiro atoms. The fraction of sp³-hybridized carbons (Fsp3) is 0.0833. The minimum absolute atomic E-state index is 0.0393. The van der Waals surface area contributed by atoms with Gasteiger partial charge in [-0.15, -0.1) is 0 Å². The van der Waals surface area contributed by atoms with Gasteiger partial charge in [-0.1, -0.05) is 40.9 Å². The minimum atomic E-state index is -0.0393. The Morgan fingerprint density at radius 2 is 1.76 bits per heavy atom. The van der Waals surface area contributed by atoms with Crippen LogP contribution < -0.4 is 0 Å². The van der Waals surface area contributed by atoms with Crippen molar-refractivity contribution in [1.29, 1.82) is 0 Å². The maximum atomic E-state index is 8.93. The number of hydrogen-bond acceptors (Lipinski definition) is 2. The van der Waals surface area contributed by atoms with Crippen molar-refractivity contribution < 1.29 is 5.11 Å². The molecule has 2 nitrogen and oxygen atoms in total. The van der Waals surface area contributed by atoms with Crippen LogP contribution in [0.5, 0.6) is 0 Å². The van der Waals surface area contributed by atoms with Gasteiger partial charge >= 0.3 is 0 Å². The molecule has 5 heteroatoms. The largest absolute Gasteiger partial charge is 0.392 e. The molecule has 88 valence electrons. The molecule has 2 aromatic rings. The van der Waals surface area contributed by atoms with Crippen molar-refractivity contribution in [1.82, 2.24) is 4.98 Å². The number of pyridine rings is 1. The number of rotatable bonds is 2. The standard InChI is InChI=1S/C12H8Cl3NO/c13-9-3-2-8(11(14)12(9)15)10-4-1-7(6-17)5-16-10/h1-5,17H,6H2. The molecule has 0 fully saturated rings. The van der Waals surface area contributed by atoms with Gasteiger partial charge in [0, 0.05) is 11.8 Å². The van der Waals surface area contributed by atoms with Crippen LogP contribution in [-0.2, 0) is 6.61 Å². The summed E-state index contributed by atoms with van der Waals surface area (Å²) in [6, 6.07) is 6.99. The molecule has 0 bridgehead atoms. The zero-order valence-corrected chi connectivity index (χ0v) is 10.9. The Kier molecular flexibility index (Phi) is 3.89. The fourth-order valence-electron chi connectivity index (χ4n) is 1.40. The van der Waals surface area contributed by atoms with E-state index in [1.165, 1.54) is 0 Å². The van der Waals surface area contributed by atoms with Crippen LogP contribution in [0.1, 0.15) is 5.56 Å². The van der Waals surface area contributed by atoms with E-state index in [-0.39, 0.29) is 6.61 Å². The smallest absolute Gasteiger partial charge is 0.0785 e. The van der Waals surface area contributed by atoms with Crippen LogP contribution in [0.15, 0.2) is 30.5 Å². The number of aliphatic hydroxyl groups is 1. The van der Waals surface area contributed by atoms with Crippen LogP contribution in [0.2, 0.25) is 15.1 Å². The van der Waals surface area contributed by atoms with Crippen LogP contribution in [0.25, 0.3) is 11.3 Å². The summed E-state index contributed by atoms with van der Waals surface area (Å²) in [5.74, 6) is 0. The number of benzene rings is 1. The maximum absolute atomic E-state index is 8.93. The summed E-state index contributed by atoms with van der Waals surface area (Å²) in [4.78, 5) is 4.21. The molecular formula is C12H8Cl3NO. The highest BCUT2D eigenvalue weighted by molar-refractivity contribution is 6.49. The number of hydrogen-bond donors (Lipinski definition) is 1. The summed E-state index contributed by atoms with van der Waals surface area (Å²) in [5.41, 5.74) is 2.14. The van der Waals surface area contributed by atoms with E-state index in [0.29, 0.717) is 26.3 Å². The molecule has 0 saturated carbocycles. The van der Waals surface area contributed by atoms with E-state index < -0.39 is 0 Å². The first-order chi connectivity index (χ1) is 8.13. The van der Waals surface area contributed by atoms with Gasteiger partial charge in [0.15, 0.2) is 0 Å². The summed E-state index contributed by atoms with van der Waals surface area (Å²) in [5, 5.41) is 10.0. The van der Waals surface area contributed by atoms with Crippen LogP contribution >= 0.6 is 34.8 Å². The molecule has 17 heavy (non-hydrogen) atoms. The zero-order valence-electron chi connectivity index (χ0n) is 8.62. The van der Waals surface area contributed by atoms with E-state index in [1.54, 1.807) is 30.5 Å². The molecule has 1 heterocycles. The Morgan fingerprint density at radius 3 is 2.35 bits per heavy atom. The van der Waals surface area contributed by atoms with Crippen molar-refractivity contribution in [2.45, 2.75) is 6.61 Å². The van der Waals surface area contributed by atoms with Crippen molar-refractivity contribution in [3.8, 4) is 11.3 Å². The SMILES string of the molecule is OCc1ccc(-c2ccc(Cl)c(Cl)c2Cl)nc1. The number of aromatic nitrogens is 1. The van der Waals surface area contributed by atoms with Gasteiger partial charge in [-0.25, -0.2) is 0 Å². The maximum Gasteiger partial charge on any atom is 0.0785 e. The first-order valence-electron chi connectivity index (χ1n) is 4.83. The van der Waals surface area contributed by atoms with Crippen LogP contribution in [0, 0.1) is 0 Å². The molecule has 0 radical (unpaired) electrons. The summed E-state index contributed by atoms with van der Waals surface area (Å²) >= 11 is 17.9. The molecule has 0 aliphatic rings. The van der Waals surface area contributed by atoms with Crippen LogP contribution in [0.3, 0.4) is 0 Å². The topological polar surface area (TPSA) is 33.1 Å². The van der Waals surface area contributed by atoms with Gasteiger partial charge in [-0.3, -0.25) is 4.98 Å². The van der Waals surface area contributed by atoms with Crippen LogP contribution in [-0.4, -0.2) is 10.1 Å². The number of halogens is 3. The van der Waals surface area contributed by atoms with Crippen molar-refractivity contribution in [3.05, 3.63) is 51.1 Å². The lowest BCUT2D eigenvalue weighted by molar-refractivity contribution is 0.281. The molecule has 1 aromatic carbocycles. The average molecular weight is 289 g/mol. The molecule has 1 N–H and O–H groups in total. The third kappa shape index (κ3) is 2.55. The fourth-order valence-corrected chi connectivity index (χ4v) is 2.03. The highest BCUT2D eigenvalue weighted by Crippen LogP contribution is 2.37. The summed E-state index contributed by atoms with van der Waals surface area (Å²) in [6.45, 7) is -0.0393. The van der Waals surface area contributed by atoms with E-state index in [2.05, 4.69) is 4.98 Å². The number of nitrogens with zero attached hydrogens (tertiary/aromatic N) is 1. The number of aliphatic hydroxyl groups excluding tert-OH is 1. The van der Waals surface area contributed by atoms with Gasteiger partial charge in [-0.2, -0.15) is 0 Å². The van der Waals surface area contributed by atoms with E-state index >= 15 is 0 Å². The molecule has 0 aliphatic heterocycles. The van der Waals surface area contributed by atoms with E-state index in [9.17, 15) is 0 Å². The van der Waals surface area contributed by atoms with Gasteiger partial charge in [0.2, 0.25) is 0 Å². The van der Waals surface area contributed by atoms with E-state index in [1.807, 2.05) is 0 Å². The quantitative estimate of drug-likeness (QED) is 0.840. The van der Waals surface area contributed by atoms with Gasteiger partial charge in [0.05, 0.1) is 27.4 Å². The van der Waals surface area contributed by atoms with Gasteiger partial charge in [0.1, 0.15) is 0 Å². The Labute approximate surface area is 114 Å². The van der Waals surface area contributed by atoms with E-state index in [4.69, 9.17) is 39.9 Å². The molecule has 0 amide bonds. The van der Waals surface area contributed by atoms with Crippen molar-refractivity contribution in [2.24, 2.45) is 0 Å². The Bertz CT molecular complexity index is 540. The molecule has 0 atom stereocenters. The predicted octanol–water partition coefficient (Wildman–Crippen LogP) is 4.20. The van der Waals surface area contributed by atoms with Crippen molar-refractivity contribution in [3.63, 3.8) is 0 Å². The Balaban J connectivity index is 2.49. The zero-order chi connectivity index (χ0) is 12.4. The first-order valence-corrected chi connectivity index (χ1v) is 5.96. The lowest BCUT2D eigenvalue weighted by Crippen LogP contribution is -1.89. The second-order valence-electron chi connectivity index (χ2n) is 3.43. The van der Waals surface area contributed by atoms with Gasteiger partial charge in [-0.05, 0) is 23.8 Å². The second kappa shape index (κ2) is 5.23. The third-order valence-corrected chi connectivity index (χ3v) is 3.61. The van der Waals surface area contributed by atoms with Gasteiger partial charge in [0.25, 0.3) is 0 Å². The lowest BCUT2D eigenvalue weighted by atomic mass is 10.1.